The monoisotopic (exact) mass is 531 g/mol. The molecule has 2 aromatic carbocycles. The van der Waals surface area contributed by atoms with E-state index in [1.807, 2.05) is 13.8 Å². The van der Waals surface area contributed by atoms with Gasteiger partial charge in [-0.25, -0.2) is 17.6 Å². The number of nitrogens with zero attached hydrogens (tertiary/aromatic N) is 3. The Morgan fingerprint density at radius 3 is 2.22 bits per heavy atom. The van der Waals surface area contributed by atoms with Gasteiger partial charge in [0.2, 0.25) is 5.62 Å². The number of rotatable bonds is 5. The van der Waals surface area contributed by atoms with Crippen LogP contribution in [-0.4, -0.2) is 35.0 Å². The zero-order valence-corrected chi connectivity index (χ0v) is 20.7. The number of hydrogen-bond acceptors (Lipinski definition) is 4. The molecule has 1 saturated carbocycles. The Kier molecular flexibility index (Phi) is 9.45. The number of aromatic nitrogens is 2. The van der Waals surface area contributed by atoms with Gasteiger partial charge in [-0.05, 0) is 49.6 Å². The Balaban J connectivity index is 0.000000406. The van der Waals surface area contributed by atoms with Crippen molar-refractivity contribution in [1.29, 1.82) is 10.8 Å². The molecule has 2 N–H and O–H groups in total. The molecule has 0 spiro atoms. The lowest BCUT2D eigenvalue weighted by atomic mass is 10.1. The molecule has 0 bridgehead atoms. The van der Waals surface area contributed by atoms with Gasteiger partial charge >= 0.3 is 6.18 Å². The van der Waals surface area contributed by atoms with Crippen LogP contribution in [0.4, 0.5) is 42.2 Å². The molecule has 1 heterocycles. The van der Waals surface area contributed by atoms with Crippen molar-refractivity contribution in [3.63, 3.8) is 0 Å². The summed E-state index contributed by atoms with van der Waals surface area (Å²) >= 11 is 0. The summed E-state index contributed by atoms with van der Waals surface area (Å²) in [5.41, 5.74) is -0.720. The number of hydrogen-bond donors (Lipinski definition) is 2. The quantitative estimate of drug-likeness (QED) is 0.206. The molecule has 0 atom stereocenters. The molecule has 202 valence electrons. The number of halogens is 7. The Morgan fingerprint density at radius 1 is 1.14 bits per heavy atom. The van der Waals surface area contributed by atoms with E-state index in [9.17, 15) is 30.7 Å². The van der Waals surface area contributed by atoms with Crippen molar-refractivity contribution in [2.24, 2.45) is 5.41 Å². The molecule has 1 fully saturated rings. The molecule has 0 amide bonds. The van der Waals surface area contributed by atoms with Gasteiger partial charge in [-0.1, -0.05) is 32.9 Å². The standard InChI is InChI=1S/C18H15F4N5.C5H7F3.C2H6/c1-10-3-2-4-11(7-10)26(8-14(20)21)17-15-13(6-5-12(19)16(15)22)27(9-23)18(24)25-17;1-4(2-3-4)5(6,7)8;1-2/h2-7,9,14,23-24H,8H2,1H3;2-3H2,1H3;1-2H3. The number of alkyl halides is 5. The van der Waals surface area contributed by atoms with E-state index < -0.39 is 41.8 Å². The van der Waals surface area contributed by atoms with E-state index in [2.05, 4.69) is 4.98 Å². The number of fused-ring (bicyclic) bond motifs is 1. The maximum Gasteiger partial charge on any atom is 0.394 e. The van der Waals surface area contributed by atoms with Crippen LogP contribution >= 0.6 is 0 Å². The maximum atomic E-state index is 14.6. The first-order chi connectivity index (χ1) is 17.3. The van der Waals surface area contributed by atoms with E-state index in [-0.39, 0.29) is 16.7 Å². The summed E-state index contributed by atoms with van der Waals surface area (Å²) in [4.78, 5) is 4.95. The molecule has 37 heavy (non-hydrogen) atoms. The van der Waals surface area contributed by atoms with Crippen molar-refractivity contribution in [3.8, 4) is 0 Å². The van der Waals surface area contributed by atoms with Crippen LogP contribution in [0.1, 0.15) is 39.2 Å². The van der Waals surface area contributed by atoms with Gasteiger partial charge in [0.25, 0.3) is 6.43 Å². The fourth-order valence-electron chi connectivity index (χ4n) is 3.32. The number of nitrogens with one attached hydrogen (secondary N) is 2. The van der Waals surface area contributed by atoms with Crippen molar-refractivity contribution >= 4 is 28.7 Å². The summed E-state index contributed by atoms with van der Waals surface area (Å²) in [6, 6.07) is 8.59. The third-order valence-electron chi connectivity index (χ3n) is 5.70. The van der Waals surface area contributed by atoms with Gasteiger partial charge in [0.1, 0.15) is 5.82 Å². The largest absolute Gasteiger partial charge is 0.394 e. The average molecular weight is 532 g/mol. The van der Waals surface area contributed by atoms with E-state index in [0.717, 1.165) is 27.4 Å². The lowest BCUT2D eigenvalue weighted by molar-refractivity contribution is -0.181. The molecule has 1 aromatic heterocycles. The normalized spacial score (nSPS) is 13.8. The third kappa shape index (κ3) is 6.66. The summed E-state index contributed by atoms with van der Waals surface area (Å²) in [5, 5.41) is 15.0. The second-order valence-electron chi connectivity index (χ2n) is 8.41. The highest BCUT2D eigenvalue weighted by Crippen LogP contribution is 2.56. The number of aryl methyl sites for hydroxylation is 1. The summed E-state index contributed by atoms with van der Waals surface area (Å²) in [7, 11) is 0. The summed E-state index contributed by atoms with van der Waals surface area (Å²) < 4.78 is 90.8. The molecule has 5 nitrogen and oxygen atoms in total. The van der Waals surface area contributed by atoms with Gasteiger partial charge in [-0.3, -0.25) is 15.4 Å². The smallest absolute Gasteiger partial charge is 0.320 e. The lowest BCUT2D eigenvalue weighted by Gasteiger charge is -2.26. The predicted octanol–water partition coefficient (Wildman–Crippen LogP) is 7.34. The van der Waals surface area contributed by atoms with Crippen molar-refractivity contribution in [1.82, 2.24) is 9.55 Å². The molecular formula is C25H28F7N5. The van der Waals surface area contributed by atoms with Gasteiger partial charge in [0.15, 0.2) is 11.6 Å². The second kappa shape index (κ2) is 11.7. The van der Waals surface area contributed by atoms with Crippen molar-refractivity contribution < 1.29 is 30.7 Å². The molecule has 0 saturated heterocycles. The second-order valence-corrected chi connectivity index (χ2v) is 8.41. The fourth-order valence-corrected chi connectivity index (χ4v) is 3.32. The van der Waals surface area contributed by atoms with Gasteiger partial charge < -0.3 is 4.90 Å². The molecule has 12 heteroatoms. The van der Waals surface area contributed by atoms with Crippen molar-refractivity contribution in [2.75, 3.05) is 11.4 Å². The van der Waals surface area contributed by atoms with Crippen LogP contribution < -0.4 is 10.5 Å². The molecular weight excluding hydrogens is 503 g/mol. The van der Waals surface area contributed by atoms with Crippen LogP contribution in [0, 0.1) is 34.8 Å². The van der Waals surface area contributed by atoms with E-state index in [1.54, 1.807) is 31.2 Å². The fraction of sp³-hybridized carbons (Fsp3) is 0.400. The average Bonchev–Trinajstić information content (AvgIpc) is 3.60. The van der Waals surface area contributed by atoms with Crippen LogP contribution in [0.25, 0.3) is 10.9 Å². The molecule has 3 aromatic rings. The highest BCUT2D eigenvalue weighted by Gasteiger charge is 2.59. The van der Waals surface area contributed by atoms with Gasteiger partial charge in [-0.15, -0.1) is 0 Å². The van der Waals surface area contributed by atoms with Gasteiger partial charge in [0.05, 0.1) is 29.2 Å². The van der Waals surface area contributed by atoms with Crippen LogP contribution in [0.15, 0.2) is 36.4 Å². The summed E-state index contributed by atoms with van der Waals surface area (Å²) in [5.74, 6) is -2.77. The topological polar surface area (TPSA) is 68.8 Å². The van der Waals surface area contributed by atoms with Crippen molar-refractivity contribution in [3.05, 3.63) is 59.2 Å². The molecule has 1 aliphatic carbocycles. The molecule has 0 unspecified atom stereocenters. The van der Waals surface area contributed by atoms with E-state index in [4.69, 9.17) is 10.8 Å². The Bertz CT molecular complexity index is 1290. The van der Waals surface area contributed by atoms with E-state index >= 15 is 0 Å². The highest BCUT2D eigenvalue weighted by molar-refractivity contribution is 5.94. The molecule has 0 radical (unpaired) electrons. The van der Waals surface area contributed by atoms with E-state index in [1.165, 1.54) is 13.0 Å². The minimum atomic E-state index is -3.95. The van der Waals surface area contributed by atoms with Crippen LogP contribution in [0.5, 0.6) is 0 Å². The van der Waals surface area contributed by atoms with Crippen LogP contribution in [-0.2, 0) is 0 Å². The SMILES string of the molecule is CC.CC1(C(F)(F)F)CC1.Cc1cccc(N(CC(F)F)c2nc(=N)n(C=N)c3ccc(F)c(F)c23)c1. The summed E-state index contributed by atoms with van der Waals surface area (Å²) in [6.07, 6.45) is -5.38. The Labute approximate surface area is 209 Å². The zero-order chi connectivity index (χ0) is 28.1. The predicted molar refractivity (Wildman–Crippen MR) is 129 cm³/mol. The molecule has 1 aliphatic rings. The van der Waals surface area contributed by atoms with Crippen LogP contribution in [0.2, 0.25) is 0 Å². The Morgan fingerprint density at radius 2 is 1.76 bits per heavy atom. The first-order valence-electron chi connectivity index (χ1n) is 11.4. The van der Waals surface area contributed by atoms with Gasteiger partial charge in [-0.2, -0.15) is 18.2 Å². The first-order valence-corrected chi connectivity index (χ1v) is 11.4. The molecule has 4 rings (SSSR count). The van der Waals surface area contributed by atoms with Crippen LogP contribution in [0.3, 0.4) is 0 Å². The first kappa shape index (κ1) is 29.8. The summed E-state index contributed by atoms with van der Waals surface area (Å²) in [6.45, 7) is 6.20. The third-order valence-corrected chi connectivity index (χ3v) is 5.70. The van der Waals surface area contributed by atoms with Gasteiger partial charge in [0, 0.05) is 5.69 Å². The minimum Gasteiger partial charge on any atom is -0.320 e. The zero-order valence-electron chi connectivity index (χ0n) is 20.7. The van der Waals surface area contributed by atoms with E-state index in [0.29, 0.717) is 18.5 Å². The minimum absolute atomic E-state index is 0.0224. The highest BCUT2D eigenvalue weighted by atomic mass is 19.4. The Hall–Kier alpha value is -3.44. The lowest BCUT2D eigenvalue weighted by Crippen LogP contribution is -2.31. The number of benzene rings is 2. The maximum absolute atomic E-state index is 14.6. The number of anilines is 2. The molecule has 0 aliphatic heterocycles. The van der Waals surface area contributed by atoms with Crippen molar-refractivity contribution in [2.45, 2.75) is 53.1 Å².